The minimum atomic E-state index is -0.714. The number of nitro benzene ring substituents is 1. The monoisotopic (exact) mass is 324 g/mol. The zero-order valence-electron chi connectivity index (χ0n) is 12.5. The van der Waals surface area contributed by atoms with Crippen molar-refractivity contribution >= 4 is 23.8 Å². The van der Waals surface area contributed by atoms with Crippen molar-refractivity contribution in [2.75, 3.05) is 37.8 Å². The Morgan fingerprint density at radius 3 is 2.70 bits per heavy atom. The van der Waals surface area contributed by atoms with E-state index in [4.69, 9.17) is 14.2 Å². The largest absolute Gasteiger partial charge is 0.462 e. The molecule has 0 spiro atoms. The number of hydrogen-bond acceptors (Lipinski definition) is 8. The van der Waals surface area contributed by atoms with Crippen molar-refractivity contribution < 1.29 is 28.7 Å². The summed E-state index contributed by atoms with van der Waals surface area (Å²) in [6, 6.07) is 2.38. The quantitative estimate of drug-likeness (QED) is 0.332. The molecule has 0 N–H and O–H groups in total. The predicted octanol–water partition coefficient (Wildman–Crippen LogP) is 1.14. The average molecular weight is 324 g/mol. The molecule has 0 radical (unpaired) electrons. The predicted molar refractivity (Wildman–Crippen MR) is 78.8 cm³/mol. The number of carbonyl (C=O) groups is 2. The molecule has 0 atom stereocenters. The number of hydrogen-bond donors (Lipinski definition) is 0. The second kappa shape index (κ2) is 7.54. The molecular formula is C14H16N2O7. The highest BCUT2D eigenvalue weighted by Gasteiger charge is 2.27. The molecule has 1 aliphatic rings. The Hall–Kier alpha value is -2.68. The minimum Gasteiger partial charge on any atom is -0.462 e. The summed E-state index contributed by atoms with van der Waals surface area (Å²) < 4.78 is 14.8. The van der Waals surface area contributed by atoms with E-state index in [2.05, 4.69) is 0 Å². The fourth-order valence-corrected chi connectivity index (χ4v) is 2.28. The van der Waals surface area contributed by atoms with Gasteiger partial charge in [0.2, 0.25) is 0 Å². The van der Waals surface area contributed by atoms with E-state index in [1.165, 1.54) is 6.07 Å². The molecule has 124 valence electrons. The number of nitrogens with zero attached hydrogens (tertiary/aromatic N) is 2. The van der Waals surface area contributed by atoms with Crippen molar-refractivity contribution in [3.05, 3.63) is 27.8 Å². The van der Waals surface area contributed by atoms with E-state index in [1.807, 2.05) is 0 Å². The number of morpholine rings is 1. The highest BCUT2D eigenvalue weighted by Crippen LogP contribution is 2.36. The average Bonchev–Trinajstić information content (AvgIpc) is 2.55. The van der Waals surface area contributed by atoms with E-state index in [9.17, 15) is 19.7 Å². The minimum absolute atomic E-state index is 0.0361. The summed E-state index contributed by atoms with van der Waals surface area (Å²) in [6.07, 6.45) is 0. The number of benzene rings is 1. The summed E-state index contributed by atoms with van der Waals surface area (Å²) >= 11 is 0. The van der Waals surface area contributed by atoms with Crippen molar-refractivity contribution in [3.63, 3.8) is 0 Å². The van der Waals surface area contributed by atoms with E-state index < -0.39 is 10.9 Å². The summed E-state index contributed by atoms with van der Waals surface area (Å²) in [6.45, 7) is 3.64. The number of ether oxygens (including phenoxy) is 3. The van der Waals surface area contributed by atoms with Crippen LogP contribution in [-0.2, 0) is 14.3 Å². The van der Waals surface area contributed by atoms with Crippen LogP contribution in [0, 0.1) is 10.1 Å². The van der Waals surface area contributed by atoms with E-state index in [1.54, 1.807) is 11.8 Å². The van der Waals surface area contributed by atoms with Crippen LogP contribution in [0.1, 0.15) is 17.3 Å². The van der Waals surface area contributed by atoms with Crippen LogP contribution in [0.25, 0.3) is 0 Å². The lowest BCUT2D eigenvalue weighted by Crippen LogP contribution is -2.36. The van der Waals surface area contributed by atoms with Gasteiger partial charge in [0, 0.05) is 13.1 Å². The Bertz CT molecular complexity index is 611. The maximum atomic E-state index is 12.0. The number of carbonyl (C=O) groups excluding carboxylic acids is 2. The zero-order chi connectivity index (χ0) is 16.8. The third-order valence-electron chi connectivity index (χ3n) is 3.30. The molecule has 0 aliphatic carbocycles. The van der Waals surface area contributed by atoms with Gasteiger partial charge in [-0.15, -0.1) is 0 Å². The molecule has 1 saturated heterocycles. The molecule has 23 heavy (non-hydrogen) atoms. The van der Waals surface area contributed by atoms with Crippen LogP contribution in [0.15, 0.2) is 12.1 Å². The van der Waals surface area contributed by atoms with Crippen molar-refractivity contribution in [1.29, 1.82) is 0 Å². The molecule has 0 aromatic heterocycles. The van der Waals surface area contributed by atoms with Crippen molar-refractivity contribution in [3.8, 4) is 5.75 Å². The smallest absolute Gasteiger partial charge is 0.342 e. The van der Waals surface area contributed by atoms with Crippen LogP contribution < -0.4 is 9.64 Å². The van der Waals surface area contributed by atoms with Crippen LogP contribution in [-0.4, -0.2) is 50.3 Å². The first-order valence-corrected chi connectivity index (χ1v) is 7.01. The van der Waals surface area contributed by atoms with Gasteiger partial charge in [0.25, 0.3) is 12.2 Å². The molecule has 1 aliphatic heterocycles. The fraction of sp³-hybridized carbons (Fsp3) is 0.429. The molecule has 1 heterocycles. The van der Waals surface area contributed by atoms with Gasteiger partial charge in [-0.05, 0) is 13.0 Å². The van der Waals surface area contributed by atoms with Gasteiger partial charge in [-0.1, -0.05) is 0 Å². The van der Waals surface area contributed by atoms with Crippen LogP contribution in [0.3, 0.4) is 0 Å². The molecule has 0 bridgehead atoms. The van der Waals surface area contributed by atoms with Crippen molar-refractivity contribution in [2.45, 2.75) is 6.92 Å². The lowest BCUT2D eigenvalue weighted by atomic mass is 10.1. The summed E-state index contributed by atoms with van der Waals surface area (Å²) in [7, 11) is 0. The van der Waals surface area contributed by atoms with Gasteiger partial charge in [-0.2, -0.15) is 0 Å². The Morgan fingerprint density at radius 1 is 1.43 bits per heavy atom. The fourth-order valence-electron chi connectivity index (χ4n) is 2.28. The highest BCUT2D eigenvalue weighted by atomic mass is 16.6. The van der Waals surface area contributed by atoms with Gasteiger partial charge >= 0.3 is 5.97 Å². The van der Waals surface area contributed by atoms with Gasteiger partial charge in [-0.25, -0.2) is 4.79 Å². The molecule has 9 heteroatoms. The number of esters is 1. The van der Waals surface area contributed by atoms with Gasteiger partial charge in [0.05, 0.1) is 30.8 Å². The first-order valence-electron chi connectivity index (χ1n) is 7.01. The molecule has 2 rings (SSSR count). The Balaban J connectivity index is 2.53. The SMILES string of the molecule is CCOC(=O)c1cc(N2CCOCC2)c([N+](=O)[O-])cc1OC=O. The van der Waals surface area contributed by atoms with Gasteiger partial charge in [-0.3, -0.25) is 14.9 Å². The zero-order valence-corrected chi connectivity index (χ0v) is 12.5. The van der Waals surface area contributed by atoms with Crippen molar-refractivity contribution in [2.24, 2.45) is 0 Å². The summed E-state index contributed by atoms with van der Waals surface area (Å²) in [5.74, 6) is -0.920. The standard InChI is InChI=1S/C14H16N2O7/c1-2-22-14(18)10-7-11(15-3-5-21-6-4-15)12(16(19)20)8-13(10)23-9-17/h7-9H,2-6H2,1H3. The molecule has 9 nitrogen and oxygen atoms in total. The summed E-state index contributed by atoms with van der Waals surface area (Å²) in [5.41, 5.74) is -0.0255. The second-order valence-electron chi connectivity index (χ2n) is 4.63. The molecule has 1 aromatic rings. The normalized spacial score (nSPS) is 14.2. The molecule has 0 unspecified atom stereocenters. The number of nitro groups is 1. The molecular weight excluding hydrogens is 308 g/mol. The molecule has 1 fully saturated rings. The first kappa shape index (κ1) is 16.7. The Labute approximate surface area is 131 Å². The van der Waals surface area contributed by atoms with E-state index in [-0.39, 0.29) is 35.8 Å². The molecule has 1 aromatic carbocycles. The van der Waals surface area contributed by atoms with Crippen LogP contribution in [0.5, 0.6) is 5.75 Å². The molecule has 0 amide bonds. The van der Waals surface area contributed by atoms with E-state index >= 15 is 0 Å². The number of anilines is 1. The summed E-state index contributed by atoms with van der Waals surface area (Å²) in [5, 5.41) is 11.3. The third kappa shape index (κ3) is 3.75. The van der Waals surface area contributed by atoms with Crippen LogP contribution in [0.2, 0.25) is 0 Å². The van der Waals surface area contributed by atoms with Gasteiger partial charge in [0.1, 0.15) is 11.3 Å². The maximum absolute atomic E-state index is 12.0. The maximum Gasteiger partial charge on any atom is 0.342 e. The van der Waals surface area contributed by atoms with Gasteiger partial charge in [0.15, 0.2) is 5.75 Å². The van der Waals surface area contributed by atoms with Crippen LogP contribution in [0.4, 0.5) is 11.4 Å². The van der Waals surface area contributed by atoms with Gasteiger partial charge < -0.3 is 19.1 Å². The van der Waals surface area contributed by atoms with E-state index in [0.29, 0.717) is 26.3 Å². The first-order chi connectivity index (χ1) is 11.1. The van der Waals surface area contributed by atoms with Crippen LogP contribution >= 0.6 is 0 Å². The van der Waals surface area contributed by atoms with E-state index in [0.717, 1.165) is 6.07 Å². The second-order valence-corrected chi connectivity index (χ2v) is 4.63. The lowest BCUT2D eigenvalue weighted by molar-refractivity contribution is -0.384. The molecule has 0 saturated carbocycles. The highest BCUT2D eigenvalue weighted by molar-refractivity contribution is 5.95. The topological polar surface area (TPSA) is 108 Å². The Morgan fingerprint density at radius 2 is 2.13 bits per heavy atom. The van der Waals surface area contributed by atoms with Crippen molar-refractivity contribution in [1.82, 2.24) is 0 Å². The Kier molecular flexibility index (Phi) is 5.47. The summed E-state index contributed by atoms with van der Waals surface area (Å²) in [4.78, 5) is 35.1. The lowest BCUT2D eigenvalue weighted by Gasteiger charge is -2.28. The third-order valence-corrected chi connectivity index (χ3v) is 3.30. The number of rotatable bonds is 6.